The maximum Gasteiger partial charge on any atom is 0.118 e. The van der Waals surface area contributed by atoms with E-state index >= 15 is 0 Å². The Balaban J connectivity index is 2.84. The van der Waals surface area contributed by atoms with Crippen molar-refractivity contribution in [1.29, 1.82) is 0 Å². The quantitative estimate of drug-likeness (QED) is 0.653. The number of benzene rings is 1. The molecule has 4 N–H and O–H groups in total. The number of hydrogen-bond acceptors (Lipinski definition) is 3. The van der Waals surface area contributed by atoms with Gasteiger partial charge in [-0.05, 0) is 43.1 Å². The molecule has 1 aromatic rings. The van der Waals surface area contributed by atoms with Gasteiger partial charge in [-0.15, -0.1) is 0 Å². The van der Waals surface area contributed by atoms with Gasteiger partial charge in [-0.25, -0.2) is 0 Å². The molecule has 1 aromatic carbocycles. The molecule has 13 heavy (non-hydrogen) atoms. The summed E-state index contributed by atoms with van der Waals surface area (Å²) in [6.07, 6.45) is 0.0221. The molecule has 3 heteroatoms. The smallest absolute Gasteiger partial charge is 0.118 e. The molecule has 0 fully saturated rings. The van der Waals surface area contributed by atoms with Crippen LogP contribution in [0.4, 0.5) is 0 Å². The molecule has 72 valence electrons. The topological polar surface area (TPSA) is 66.5 Å². The van der Waals surface area contributed by atoms with Gasteiger partial charge in [0.2, 0.25) is 0 Å². The molecule has 0 aromatic heterocycles. The van der Waals surface area contributed by atoms with Gasteiger partial charge in [0.1, 0.15) is 5.75 Å². The van der Waals surface area contributed by atoms with Crippen molar-refractivity contribution in [3.8, 4) is 5.75 Å². The Labute approximate surface area is 77.8 Å². The summed E-state index contributed by atoms with van der Waals surface area (Å²) in [5.41, 5.74) is 6.90. The van der Waals surface area contributed by atoms with Crippen LogP contribution in [0.15, 0.2) is 18.2 Å². The van der Waals surface area contributed by atoms with Crippen molar-refractivity contribution < 1.29 is 10.2 Å². The van der Waals surface area contributed by atoms with E-state index in [9.17, 15) is 10.2 Å². The van der Waals surface area contributed by atoms with Crippen molar-refractivity contribution in [1.82, 2.24) is 0 Å². The summed E-state index contributed by atoms with van der Waals surface area (Å²) in [5, 5.41) is 18.8. The predicted molar refractivity (Wildman–Crippen MR) is 51.5 cm³/mol. The molecule has 1 rings (SSSR count). The SMILES string of the molecule is Cc1cc(C(O)CCN)ccc1O. The second-order valence-corrected chi connectivity index (χ2v) is 3.14. The Bertz CT molecular complexity index is 286. The van der Waals surface area contributed by atoms with Crippen LogP contribution in [-0.2, 0) is 0 Å². The number of aliphatic hydroxyl groups is 1. The van der Waals surface area contributed by atoms with E-state index in [1.165, 1.54) is 0 Å². The van der Waals surface area contributed by atoms with Crippen LogP contribution in [0.2, 0.25) is 0 Å². The molecular formula is C10H15NO2. The fraction of sp³-hybridized carbons (Fsp3) is 0.400. The van der Waals surface area contributed by atoms with E-state index in [1.807, 2.05) is 0 Å². The van der Waals surface area contributed by atoms with E-state index in [0.717, 1.165) is 11.1 Å². The molecule has 0 aliphatic carbocycles. The number of aryl methyl sites for hydroxylation is 1. The van der Waals surface area contributed by atoms with Gasteiger partial charge in [0, 0.05) is 0 Å². The minimum atomic E-state index is -0.524. The van der Waals surface area contributed by atoms with Gasteiger partial charge in [-0.1, -0.05) is 6.07 Å². The second kappa shape index (κ2) is 4.25. The molecule has 3 nitrogen and oxygen atoms in total. The Morgan fingerprint density at radius 1 is 1.46 bits per heavy atom. The third-order valence-electron chi connectivity index (χ3n) is 2.05. The van der Waals surface area contributed by atoms with Crippen LogP contribution >= 0.6 is 0 Å². The van der Waals surface area contributed by atoms with Crippen LogP contribution in [0.25, 0.3) is 0 Å². The zero-order valence-electron chi connectivity index (χ0n) is 7.70. The fourth-order valence-electron chi connectivity index (χ4n) is 1.21. The van der Waals surface area contributed by atoms with Crippen molar-refractivity contribution in [3.63, 3.8) is 0 Å². The standard InChI is InChI=1S/C10H15NO2/c1-7-6-8(2-3-9(7)12)10(13)4-5-11/h2-3,6,10,12-13H,4-5,11H2,1H3. The minimum absolute atomic E-state index is 0.253. The summed E-state index contributed by atoms with van der Waals surface area (Å²) in [4.78, 5) is 0. The molecule has 1 atom stereocenters. The van der Waals surface area contributed by atoms with Crippen LogP contribution < -0.4 is 5.73 Å². The number of phenols is 1. The average Bonchev–Trinajstić information content (AvgIpc) is 2.10. The van der Waals surface area contributed by atoms with Crippen LogP contribution in [0.5, 0.6) is 5.75 Å². The number of nitrogens with two attached hydrogens (primary N) is 1. The van der Waals surface area contributed by atoms with Crippen molar-refractivity contribution in [2.75, 3.05) is 6.54 Å². The maximum atomic E-state index is 9.57. The number of aromatic hydroxyl groups is 1. The molecule has 0 aliphatic heterocycles. The van der Waals surface area contributed by atoms with Crippen molar-refractivity contribution >= 4 is 0 Å². The predicted octanol–water partition coefficient (Wildman–Crippen LogP) is 1.08. The van der Waals surface area contributed by atoms with E-state index in [4.69, 9.17) is 5.73 Å². The first-order chi connectivity index (χ1) is 6.15. The maximum absolute atomic E-state index is 9.57. The molecule has 0 heterocycles. The number of phenolic OH excluding ortho intramolecular Hbond substituents is 1. The van der Waals surface area contributed by atoms with E-state index < -0.39 is 6.10 Å². The summed E-state index contributed by atoms with van der Waals surface area (Å²) >= 11 is 0. The Morgan fingerprint density at radius 2 is 2.15 bits per heavy atom. The zero-order valence-corrected chi connectivity index (χ0v) is 7.70. The van der Waals surface area contributed by atoms with Crippen LogP contribution in [0.3, 0.4) is 0 Å². The largest absolute Gasteiger partial charge is 0.508 e. The third kappa shape index (κ3) is 2.44. The number of hydrogen-bond donors (Lipinski definition) is 3. The summed E-state index contributed by atoms with van der Waals surface area (Å²) in [5.74, 6) is 0.253. The Morgan fingerprint density at radius 3 is 2.69 bits per heavy atom. The highest BCUT2D eigenvalue weighted by atomic mass is 16.3. The third-order valence-corrected chi connectivity index (χ3v) is 2.05. The van der Waals surface area contributed by atoms with Gasteiger partial charge in [0.25, 0.3) is 0 Å². The first kappa shape index (κ1) is 10.0. The molecule has 0 saturated heterocycles. The lowest BCUT2D eigenvalue weighted by molar-refractivity contribution is 0.170. The molecule has 0 amide bonds. The number of aliphatic hydroxyl groups excluding tert-OH is 1. The van der Waals surface area contributed by atoms with Gasteiger partial charge >= 0.3 is 0 Å². The van der Waals surface area contributed by atoms with Crippen LogP contribution in [0, 0.1) is 6.92 Å². The molecule has 0 saturated carbocycles. The minimum Gasteiger partial charge on any atom is -0.508 e. The zero-order chi connectivity index (χ0) is 9.84. The molecule has 0 radical (unpaired) electrons. The van der Waals surface area contributed by atoms with Gasteiger partial charge in [0.05, 0.1) is 6.10 Å². The van der Waals surface area contributed by atoms with Crippen LogP contribution in [-0.4, -0.2) is 16.8 Å². The molecule has 0 spiro atoms. The summed E-state index contributed by atoms with van der Waals surface area (Å²) in [6.45, 7) is 2.26. The van der Waals surface area contributed by atoms with Gasteiger partial charge in [-0.2, -0.15) is 0 Å². The highest BCUT2D eigenvalue weighted by Gasteiger charge is 2.07. The summed E-state index contributed by atoms with van der Waals surface area (Å²) in [6, 6.07) is 5.07. The fourth-order valence-corrected chi connectivity index (χ4v) is 1.21. The Kier molecular flexibility index (Phi) is 3.28. The highest BCUT2D eigenvalue weighted by Crippen LogP contribution is 2.22. The van der Waals surface area contributed by atoms with Gasteiger partial charge in [-0.3, -0.25) is 0 Å². The number of rotatable bonds is 3. The molecule has 1 unspecified atom stereocenters. The highest BCUT2D eigenvalue weighted by molar-refractivity contribution is 5.35. The molecule has 0 aliphatic rings. The van der Waals surface area contributed by atoms with E-state index in [0.29, 0.717) is 13.0 Å². The summed E-state index contributed by atoms with van der Waals surface area (Å²) < 4.78 is 0. The van der Waals surface area contributed by atoms with E-state index in [2.05, 4.69) is 0 Å². The van der Waals surface area contributed by atoms with Crippen LogP contribution in [0.1, 0.15) is 23.7 Å². The van der Waals surface area contributed by atoms with Gasteiger partial charge < -0.3 is 15.9 Å². The monoisotopic (exact) mass is 181 g/mol. The summed E-state index contributed by atoms with van der Waals surface area (Å²) in [7, 11) is 0. The van der Waals surface area contributed by atoms with E-state index in [1.54, 1.807) is 25.1 Å². The normalized spacial score (nSPS) is 12.8. The first-order valence-electron chi connectivity index (χ1n) is 4.33. The van der Waals surface area contributed by atoms with Crippen molar-refractivity contribution in [3.05, 3.63) is 29.3 Å². The van der Waals surface area contributed by atoms with Gasteiger partial charge in [0.15, 0.2) is 0 Å². The lowest BCUT2D eigenvalue weighted by atomic mass is 10.0. The van der Waals surface area contributed by atoms with Crippen molar-refractivity contribution in [2.24, 2.45) is 5.73 Å². The van der Waals surface area contributed by atoms with Crippen molar-refractivity contribution in [2.45, 2.75) is 19.4 Å². The molecule has 0 bridgehead atoms. The first-order valence-corrected chi connectivity index (χ1v) is 4.33. The second-order valence-electron chi connectivity index (χ2n) is 3.14. The lowest BCUT2D eigenvalue weighted by Gasteiger charge is -2.10. The lowest BCUT2D eigenvalue weighted by Crippen LogP contribution is -2.06. The molecular weight excluding hydrogens is 166 g/mol. The van der Waals surface area contributed by atoms with E-state index in [-0.39, 0.29) is 5.75 Å². The average molecular weight is 181 g/mol. The Hall–Kier alpha value is -1.06.